The molecule has 2 bridgehead atoms. The Morgan fingerprint density at radius 2 is 1.88 bits per heavy atom. The lowest BCUT2D eigenvalue weighted by atomic mass is 10.1. The average Bonchev–Trinajstić information content (AvgIpc) is 3.01. The molecule has 0 spiro atoms. The Morgan fingerprint density at radius 3 is 2.62 bits per heavy atom. The number of fused-ring (bicyclic) bond motifs is 2. The maximum atomic E-state index is 11.8. The standard InChI is InChI=1S/C13H22N2O/c1-14-11-4-5-12(14)8-15(7-6-11)9-13(16)10-2-3-10/h10-12H,2-9H2,1H3. The summed E-state index contributed by atoms with van der Waals surface area (Å²) >= 11 is 0. The molecule has 3 heteroatoms. The minimum absolute atomic E-state index is 0.429. The summed E-state index contributed by atoms with van der Waals surface area (Å²) in [7, 11) is 2.26. The predicted octanol–water partition coefficient (Wildman–Crippen LogP) is 1.13. The molecule has 0 radical (unpaired) electrons. The van der Waals surface area contributed by atoms with E-state index in [1.165, 1.54) is 19.3 Å². The third-order valence-electron chi connectivity index (χ3n) is 4.64. The van der Waals surface area contributed by atoms with E-state index in [0.717, 1.165) is 38.5 Å². The number of likely N-dealkylation sites (N-methyl/N-ethyl adjacent to an activating group) is 1. The van der Waals surface area contributed by atoms with Gasteiger partial charge in [0.25, 0.3) is 0 Å². The Labute approximate surface area is 97.8 Å². The second kappa shape index (κ2) is 4.11. The first-order chi connectivity index (χ1) is 7.74. The fourth-order valence-corrected chi connectivity index (χ4v) is 3.28. The summed E-state index contributed by atoms with van der Waals surface area (Å²) < 4.78 is 0. The highest BCUT2D eigenvalue weighted by molar-refractivity contribution is 5.85. The molecule has 2 saturated heterocycles. The van der Waals surface area contributed by atoms with Gasteiger partial charge in [0.15, 0.2) is 0 Å². The molecule has 90 valence electrons. The Kier molecular flexibility index (Phi) is 2.76. The quantitative estimate of drug-likeness (QED) is 0.715. The van der Waals surface area contributed by atoms with Crippen LogP contribution >= 0.6 is 0 Å². The SMILES string of the molecule is CN1C2CCC1CN(CC(=O)C1CC1)CC2. The third-order valence-corrected chi connectivity index (χ3v) is 4.64. The van der Waals surface area contributed by atoms with Gasteiger partial charge in [0.2, 0.25) is 0 Å². The van der Waals surface area contributed by atoms with Crippen molar-refractivity contribution in [1.82, 2.24) is 9.80 Å². The molecule has 0 amide bonds. The second-order valence-corrected chi connectivity index (χ2v) is 5.81. The lowest BCUT2D eigenvalue weighted by Crippen LogP contribution is -2.39. The fraction of sp³-hybridized carbons (Fsp3) is 0.923. The number of Topliss-reactive ketones (excluding diaryl/α,β-unsaturated/α-hetero) is 1. The largest absolute Gasteiger partial charge is 0.299 e. The highest BCUT2D eigenvalue weighted by Gasteiger charge is 2.36. The number of hydrogen-bond donors (Lipinski definition) is 0. The van der Waals surface area contributed by atoms with Crippen LogP contribution in [0.15, 0.2) is 0 Å². The van der Waals surface area contributed by atoms with Gasteiger partial charge in [-0.15, -0.1) is 0 Å². The summed E-state index contributed by atoms with van der Waals surface area (Å²) in [6, 6.07) is 1.49. The highest BCUT2D eigenvalue weighted by atomic mass is 16.1. The van der Waals surface area contributed by atoms with Gasteiger partial charge in [-0.1, -0.05) is 0 Å². The summed E-state index contributed by atoms with van der Waals surface area (Å²) in [6.07, 6.45) is 6.25. The summed E-state index contributed by atoms with van der Waals surface area (Å²) in [5, 5.41) is 0. The van der Waals surface area contributed by atoms with E-state index in [4.69, 9.17) is 0 Å². The van der Waals surface area contributed by atoms with Gasteiger partial charge in [-0.05, 0) is 39.2 Å². The number of carbonyl (C=O) groups is 1. The third kappa shape index (κ3) is 2.03. The molecule has 0 aromatic heterocycles. The van der Waals surface area contributed by atoms with Gasteiger partial charge in [-0.3, -0.25) is 14.6 Å². The molecular formula is C13H22N2O. The van der Waals surface area contributed by atoms with E-state index in [2.05, 4.69) is 16.8 Å². The van der Waals surface area contributed by atoms with Crippen molar-refractivity contribution >= 4 is 5.78 Å². The van der Waals surface area contributed by atoms with Crippen molar-refractivity contribution in [2.24, 2.45) is 5.92 Å². The molecule has 2 heterocycles. The second-order valence-electron chi connectivity index (χ2n) is 5.81. The summed E-state index contributed by atoms with van der Waals surface area (Å²) in [6.45, 7) is 2.97. The zero-order valence-corrected chi connectivity index (χ0v) is 10.2. The number of ketones is 1. The molecule has 2 unspecified atom stereocenters. The van der Waals surface area contributed by atoms with Crippen LogP contribution in [0.25, 0.3) is 0 Å². The van der Waals surface area contributed by atoms with Crippen molar-refractivity contribution in [2.45, 2.75) is 44.2 Å². The van der Waals surface area contributed by atoms with Crippen molar-refractivity contribution in [3.63, 3.8) is 0 Å². The average molecular weight is 222 g/mol. The molecule has 3 rings (SSSR count). The summed E-state index contributed by atoms with van der Waals surface area (Å²) in [5.74, 6) is 0.929. The van der Waals surface area contributed by atoms with Crippen LogP contribution in [0.5, 0.6) is 0 Å². The molecule has 3 aliphatic rings. The van der Waals surface area contributed by atoms with Gasteiger partial charge in [0.1, 0.15) is 5.78 Å². The van der Waals surface area contributed by atoms with E-state index in [-0.39, 0.29) is 0 Å². The van der Waals surface area contributed by atoms with Crippen LogP contribution in [0, 0.1) is 5.92 Å². The molecule has 1 saturated carbocycles. The Morgan fingerprint density at radius 1 is 1.12 bits per heavy atom. The number of rotatable bonds is 3. The van der Waals surface area contributed by atoms with Crippen LogP contribution < -0.4 is 0 Å². The minimum Gasteiger partial charge on any atom is -0.299 e. The van der Waals surface area contributed by atoms with Gasteiger partial charge in [0, 0.05) is 31.1 Å². The zero-order valence-electron chi connectivity index (χ0n) is 10.2. The zero-order chi connectivity index (χ0) is 11.1. The van der Waals surface area contributed by atoms with E-state index >= 15 is 0 Å². The van der Waals surface area contributed by atoms with Crippen LogP contribution in [-0.2, 0) is 4.79 Å². The molecule has 3 nitrogen and oxygen atoms in total. The van der Waals surface area contributed by atoms with Gasteiger partial charge in [-0.2, -0.15) is 0 Å². The normalized spacial score (nSPS) is 36.3. The van der Waals surface area contributed by atoms with Crippen molar-refractivity contribution in [1.29, 1.82) is 0 Å². The Balaban J connectivity index is 1.58. The maximum absolute atomic E-state index is 11.8. The maximum Gasteiger partial charge on any atom is 0.149 e. The topological polar surface area (TPSA) is 23.6 Å². The van der Waals surface area contributed by atoms with Gasteiger partial charge in [0.05, 0.1) is 6.54 Å². The van der Waals surface area contributed by atoms with Crippen LogP contribution in [0.3, 0.4) is 0 Å². The van der Waals surface area contributed by atoms with Crippen LogP contribution in [0.2, 0.25) is 0 Å². The molecule has 0 aromatic rings. The smallest absolute Gasteiger partial charge is 0.149 e. The van der Waals surface area contributed by atoms with E-state index in [1.54, 1.807) is 0 Å². The molecule has 0 N–H and O–H groups in total. The van der Waals surface area contributed by atoms with E-state index in [9.17, 15) is 4.79 Å². The lowest BCUT2D eigenvalue weighted by molar-refractivity contribution is -0.121. The van der Waals surface area contributed by atoms with Gasteiger partial charge in [-0.25, -0.2) is 0 Å². The van der Waals surface area contributed by atoms with Crippen molar-refractivity contribution in [3.05, 3.63) is 0 Å². The highest BCUT2D eigenvalue weighted by Crippen LogP contribution is 2.31. The van der Waals surface area contributed by atoms with Crippen LogP contribution in [0.4, 0.5) is 0 Å². The first-order valence-electron chi connectivity index (χ1n) is 6.71. The Hall–Kier alpha value is -0.410. The first-order valence-corrected chi connectivity index (χ1v) is 6.71. The number of likely N-dealkylation sites (tertiary alicyclic amines) is 1. The van der Waals surface area contributed by atoms with E-state index in [1.807, 2.05) is 0 Å². The summed E-state index contributed by atoms with van der Waals surface area (Å²) in [4.78, 5) is 16.8. The fourth-order valence-electron chi connectivity index (χ4n) is 3.28. The predicted molar refractivity (Wildman–Crippen MR) is 63.4 cm³/mol. The van der Waals surface area contributed by atoms with Gasteiger partial charge < -0.3 is 0 Å². The molecular weight excluding hydrogens is 200 g/mol. The van der Waals surface area contributed by atoms with E-state index in [0.29, 0.717) is 17.7 Å². The number of hydrogen-bond acceptors (Lipinski definition) is 3. The minimum atomic E-state index is 0.429. The molecule has 0 aromatic carbocycles. The molecule has 2 aliphatic heterocycles. The van der Waals surface area contributed by atoms with E-state index < -0.39 is 0 Å². The monoisotopic (exact) mass is 222 g/mol. The van der Waals surface area contributed by atoms with Crippen molar-refractivity contribution in [2.75, 3.05) is 26.7 Å². The molecule has 16 heavy (non-hydrogen) atoms. The lowest BCUT2D eigenvalue weighted by Gasteiger charge is -2.25. The number of carbonyl (C=O) groups excluding carboxylic acids is 1. The van der Waals surface area contributed by atoms with Crippen LogP contribution in [-0.4, -0.2) is 54.3 Å². The van der Waals surface area contributed by atoms with Crippen LogP contribution in [0.1, 0.15) is 32.1 Å². The van der Waals surface area contributed by atoms with Gasteiger partial charge >= 0.3 is 0 Å². The number of nitrogens with zero attached hydrogens (tertiary/aromatic N) is 2. The van der Waals surface area contributed by atoms with Crippen molar-refractivity contribution < 1.29 is 4.79 Å². The Bertz CT molecular complexity index is 288. The summed E-state index contributed by atoms with van der Waals surface area (Å²) in [5.41, 5.74) is 0. The molecule has 1 aliphatic carbocycles. The first kappa shape index (κ1) is 10.7. The molecule has 3 fully saturated rings. The van der Waals surface area contributed by atoms with Crippen molar-refractivity contribution in [3.8, 4) is 0 Å². The molecule has 2 atom stereocenters.